The van der Waals surface area contributed by atoms with Crippen LogP contribution in [0.1, 0.15) is 36.0 Å². The molecule has 1 heterocycles. The highest BCUT2D eigenvalue weighted by atomic mass is 32.1. The highest BCUT2D eigenvalue weighted by Crippen LogP contribution is 2.33. The molecule has 2 aromatic carbocycles. The topological polar surface area (TPSA) is 48.1 Å². The van der Waals surface area contributed by atoms with Gasteiger partial charge < -0.3 is 10.5 Å². The fraction of sp³-hybridized carbons (Fsp3) is 0.250. The molecular formula is C20H22N2OS. The summed E-state index contributed by atoms with van der Waals surface area (Å²) in [6, 6.07) is 16.5. The number of nitrogens with two attached hydrogens (primary N) is 1. The van der Waals surface area contributed by atoms with E-state index < -0.39 is 0 Å². The van der Waals surface area contributed by atoms with Crippen molar-refractivity contribution in [2.75, 3.05) is 0 Å². The van der Waals surface area contributed by atoms with E-state index in [0.29, 0.717) is 6.61 Å². The SMILES string of the molecule is CCc1ccc(OCc2ccccc2)c(-c2csc(C(C)N)n2)c1. The van der Waals surface area contributed by atoms with E-state index in [2.05, 4.69) is 41.6 Å². The van der Waals surface area contributed by atoms with Crippen LogP contribution in [0.15, 0.2) is 53.9 Å². The molecule has 0 fully saturated rings. The van der Waals surface area contributed by atoms with E-state index in [1.54, 1.807) is 11.3 Å². The van der Waals surface area contributed by atoms with Crippen LogP contribution in [0.5, 0.6) is 5.75 Å². The molecule has 3 rings (SSSR count). The van der Waals surface area contributed by atoms with Gasteiger partial charge in [0, 0.05) is 10.9 Å². The lowest BCUT2D eigenvalue weighted by molar-refractivity contribution is 0.307. The highest BCUT2D eigenvalue weighted by Gasteiger charge is 2.13. The van der Waals surface area contributed by atoms with Crippen molar-refractivity contribution in [3.05, 3.63) is 70.0 Å². The van der Waals surface area contributed by atoms with Gasteiger partial charge in [-0.2, -0.15) is 0 Å². The number of nitrogens with zero attached hydrogens (tertiary/aromatic N) is 1. The fourth-order valence-electron chi connectivity index (χ4n) is 2.48. The summed E-state index contributed by atoms with van der Waals surface area (Å²) >= 11 is 1.60. The third kappa shape index (κ3) is 3.83. The van der Waals surface area contributed by atoms with E-state index in [-0.39, 0.29) is 6.04 Å². The number of aryl methyl sites for hydroxylation is 1. The van der Waals surface area contributed by atoms with Gasteiger partial charge in [0.05, 0.1) is 11.7 Å². The molecule has 0 aliphatic rings. The maximum atomic E-state index is 6.08. The molecule has 3 aromatic rings. The zero-order valence-electron chi connectivity index (χ0n) is 14.0. The minimum Gasteiger partial charge on any atom is -0.488 e. The standard InChI is InChI=1S/C20H22N2OS/c1-3-15-9-10-19(23-12-16-7-5-4-6-8-16)17(11-15)18-13-24-20(22-18)14(2)21/h4-11,13-14H,3,12,21H2,1-2H3. The summed E-state index contributed by atoms with van der Waals surface area (Å²) in [7, 11) is 0. The second-order valence-electron chi connectivity index (χ2n) is 5.82. The molecule has 0 saturated carbocycles. The molecule has 1 aromatic heterocycles. The van der Waals surface area contributed by atoms with Crippen molar-refractivity contribution < 1.29 is 4.74 Å². The van der Waals surface area contributed by atoms with Gasteiger partial charge in [-0.15, -0.1) is 11.3 Å². The van der Waals surface area contributed by atoms with E-state index >= 15 is 0 Å². The molecule has 0 saturated heterocycles. The molecule has 0 bridgehead atoms. The molecule has 124 valence electrons. The van der Waals surface area contributed by atoms with Gasteiger partial charge in [0.25, 0.3) is 0 Å². The second-order valence-corrected chi connectivity index (χ2v) is 6.71. The smallest absolute Gasteiger partial charge is 0.129 e. The summed E-state index contributed by atoms with van der Waals surface area (Å²) in [6.07, 6.45) is 0.982. The summed E-state index contributed by atoms with van der Waals surface area (Å²) in [5, 5.41) is 3.00. The minimum absolute atomic E-state index is 0.0493. The third-order valence-electron chi connectivity index (χ3n) is 3.88. The quantitative estimate of drug-likeness (QED) is 0.690. The van der Waals surface area contributed by atoms with Gasteiger partial charge in [0.1, 0.15) is 17.4 Å². The number of ether oxygens (including phenoxy) is 1. The van der Waals surface area contributed by atoms with E-state index in [9.17, 15) is 0 Å². The number of aromatic nitrogens is 1. The average Bonchev–Trinajstić information content (AvgIpc) is 3.11. The van der Waals surface area contributed by atoms with Gasteiger partial charge >= 0.3 is 0 Å². The van der Waals surface area contributed by atoms with Gasteiger partial charge in [-0.1, -0.05) is 43.3 Å². The molecule has 0 amide bonds. The fourth-order valence-corrected chi connectivity index (χ4v) is 3.26. The van der Waals surface area contributed by atoms with Crippen LogP contribution in [0.4, 0.5) is 0 Å². The Kier molecular flexibility index (Phi) is 5.28. The molecule has 1 atom stereocenters. The van der Waals surface area contributed by atoms with Crippen LogP contribution >= 0.6 is 11.3 Å². The summed E-state index contributed by atoms with van der Waals surface area (Å²) < 4.78 is 6.08. The maximum absolute atomic E-state index is 6.08. The van der Waals surface area contributed by atoms with Gasteiger partial charge in [0.15, 0.2) is 0 Å². The molecular weight excluding hydrogens is 316 g/mol. The molecule has 2 N–H and O–H groups in total. The largest absolute Gasteiger partial charge is 0.488 e. The first-order valence-electron chi connectivity index (χ1n) is 8.18. The Morgan fingerprint density at radius 1 is 1.12 bits per heavy atom. The first-order valence-corrected chi connectivity index (χ1v) is 9.06. The Morgan fingerprint density at radius 3 is 2.58 bits per heavy atom. The Balaban J connectivity index is 1.90. The van der Waals surface area contributed by atoms with Crippen LogP contribution in [-0.2, 0) is 13.0 Å². The summed E-state index contributed by atoms with van der Waals surface area (Å²) in [5.41, 5.74) is 10.3. The van der Waals surface area contributed by atoms with E-state index in [0.717, 1.165) is 34.0 Å². The van der Waals surface area contributed by atoms with Crippen molar-refractivity contribution in [1.29, 1.82) is 0 Å². The Labute approximate surface area is 147 Å². The van der Waals surface area contributed by atoms with Crippen molar-refractivity contribution in [3.8, 4) is 17.0 Å². The highest BCUT2D eigenvalue weighted by molar-refractivity contribution is 7.10. The van der Waals surface area contributed by atoms with Crippen LogP contribution in [0.25, 0.3) is 11.3 Å². The predicted molar refractivity (Wildman–Crippen MR) is 100 cm³/mol. The zero-order valence-corrected chi connectivity index (χ0v) is 14.8. The summed E-state index contributed by atoms with van der Waals surface area (Å²) in [5.74, 6) is 0.859. The molecule has 3 nitrogen and oxygen atoms in total. The van der Waals surface area contributed by atoms with Crippen molar-refractivity contribution in [3.63, 3.8) is 0 Å². The van der Waals surface area contributed by atoms with Crippen molar-refractivity contribution in [2.45, 2.75) is 32.9 Å². The molecule has 4 heteroatoms. The van der Waals surface area contributed by atoms with E-state index in [1.807, 2.05) is 31.2 Å². The minimum atomic E-state index is -0.0493. The number of hydrogen-bond donors (Lipinski definition) is 1. The lowest BCUT2D eigenvalue weighted by Crippen LogP contribution is -2.04. The van der Waals surface area contributed by atoms with Gasteiger partial charge in [-0.05, 0) is 36.6 Å². The van der Waals surface area contributed by atoms with Crippen molar-refractivity contribution in [2.24, 2.45) is 5.73 Å². The van der Waals surface area contributed by atoms with Crippen LogP contribution in [0.2, 0.25) is 0 Å². The van der Waals surface area contributed by atoms with Crippen LogP contribution < -0.4 is 10.5 Å². The van der Waals surface area contributed by atoms with Crippen LogP contribution in [-0.4, -0.2) is 4.98 Å². The lowest BCUT2D eigenvalue weighted by atomic mass is 10.1. The molecule has 1 unspecified atom stereocenters. The van der Waals surface area contributed by atoms with Crippen molar-refractivity contribution >= 4 is 11.3 Å². The summed E-state index contributed by atoms with van der Waals surface area (Å²) in [4.78, 5) is 4.68. The van der Waals surface area contributed by atoms with E-state index in [4.69, 9.17) is 10.5 Å². The Bertz CT molecular complexity index is 796. The van der Waals surface area contributed by atoms with Gasteiger partial charge in [-0.25, -0.2) is 4.98 Å². The maximum Gasteiger partial charge on any atom is 0.129 e. The number of benzene rings is 2. The van der Waals surface area contributed by atoms with Crippen LogP contribution in [0, 0.1) is 0 Å². The number of hydrogen-bond acceptors (Lipinski definition) is 4. The molecule has 24 heavy (non-hydrogen) atoms. The second kappa shape index (κ2) is 7.60. The Morgan fingerprint density at radius 2 is 1.92 bits per heavy atom. The van der Waals surface area contributed by atoms with E-state index in [1.165, 1.54) is 5.56 Å². The summed E-state index contributed by atoms with van der Waals surface area (Å²) in [6.45, 7) is 4.65. The van der Waals surface area contributed by atoms with Crippen molar-refractivity contribution in [1.82, 2.24) is 4.98 Å². The van der Waals surface area contributed by atoms with Gasteiger partial charge in [-0.3, -0.25) is 0 Å². The molecule has 0 aliphatic carbocycles. The normalized spacial score (nSPS) is 12.1. The molecule has 0 aliphatic heterocycles. The van der Waals surface area contributed by atoms with Crippen LogP contribution in [0.3, 0.4) is 0 Å². The third-order valence-corrected chi connectivity index (χ3v) is 4.92. The monoisotopic (exact) mass is 338 g/mol. The predicted octanol–water partition coefficient (Wildman–Crippen LogP) is 4.97. The first-order chi connectivity index (χ1) is 11.7. The van der Waals surface area contributed by atoms with Gasteiger partial charge in [0.2, 0.25) is 0 Å². The first kappa shape index (κ1) is 16.7. The molecule has 0 radical (unpaired) electrons. The number of rotatable bonds is 6. The Hall–Kier alpha value is -2.17. The average molecular weight is 338 g/mol. The number of thiazole rings is 1. The zero-order chi connectivity index (χ0) is 16.9. The molecule has 0 spiro atoms. The lowest BCUT2D eigenvalue weighted by Gasteiger charge is -2.12.